The van der Waals surface area contributed by atoms with E-state index in [0.717, 1.165) is 18.4 Å². The number of ether oxygens (including phenoxy) is 1. The fourth-order valence-corrected chi connectivity index (χ4v) is 4.89. The maximum atomic E-state index is 14.1. The highest BCUT2D eigenvalue weighted by molar-refractivity contribution is 7.10. The normalized spacial score (nSPS) is 16.6. The van der Waals surface area contributed by atoms with Gasteiger partial charge in [0.2, 0.25) is 11.8 Å². The summed E-state index contributed by atoms with van der Waals surface area (Å²) in [6.45, 7) is 9.24. The predicted molar refractivity (Wildman–Crippen MR) is 125 cm³/mol. The second-order valence-electron chi connectivity index (χ2n) is 8.78. The van der Waals surface area contributed by atoms with Crippen LogP contribution in [0.2, 0.25) is 0 Å². The summed E-state index contributed by atoms with van der Waals surface area (Å²) < 4.78 is 19.9. The zero-order valence-electron chi connectivity index (χ0n) is 19.3. The molecule has 0 saturated heterocycles. The summed E-state index contributed by atoms with van der Waals surface area (Å²) in [7, 11) is 0. The molecule has 2 heterocycles. The van der Waals surface area contributed by atoms with Gasteiger partial charge >= 0.3 is 0 Å². The van der Waals surface area contributed by atoms with Crippen LogP contribution in [-0.4, -0.2) is 47.9 Å². The van der Waals surface area contributed by atoms with Crippen LogP contribution in [0.1, 0.15) is 50.6 Å². The smallest absolute Gasteiger partial charge is 0.242 e. The van der Waals surface area contributed by atoms with Crippen LogP contribution in [0.5, 0.6) is 5.75 Å². The summed E-state index contributed by atoms with van der Waals surface area (Å²) >= 11 is 1.67. The summed E-state index contributed by atoms with van der Waals surface area (Å²) in [6.07, 6.45) is 1.72. The van der Waals surface area contributed by atoms with Gasteiger partial charge in [-0.05, 0) is 41.5 Å². The lowest BCUT2D eigenvalue weighted by atomic mass is 10.00. The molecule has 0 N–H and O–H groups in total. The van der Waals surface area contributed by atoms with Crippen molar-refractivity contribution in [3.05, 3.63) is 52.0 Å². The van der Waals surface area contributed by atoms with E-state index < -0.39 is 5.82 Å². The molecule has 0 bridgehead atoms. The molecule has 2 atom stereocenters. The molecule has 0 spiro atoms. The number of carbonyl (C=O) groups excluding carboxylic acids is 2. The van der Waals surface area contributed by atoms with E-state index >= 15 is 0 Å². The van der Waals surface area contributed by atoms with Gasteiger partial charge in [0.05, 0.1) is 12.6 Å². The summed E-state index contributed by atoms with van der Waals surface area (Å²) in [4.78, 5) is 30.9. The number of para-hydroxylation sites is 1. The monoisotopic (exact) mass is 460 g/mol. The maximum absolute atomic E-state index is 14.1. The van der Waals surface area contributed by atoms with Crippen molar-refractivity contribution in [2.24, 2.45) is 11.8 Å². The van der Waals surface area contributed by atoms with Crippen LogP contribution < -0.4 is 4.74 Å². The number of hydrogen-bond donors (Lipinski definition) is 0. The summed E-state index contributed by atoms with van der Waals surface area (Å²) in [5.74, 6) is -0.204. The number of fused-ring (bicyclic) bond motifs is 1. The van der Waals surface area contributed by atoms with Crippen molar-refractivity contribution in [2.45, 2.75) is 46.6 Å². The van der Waals surface area contributed by atoms with Crippen molar-refractivity contribution in [3.8, 4) is 5.75 Å². The van der Waals surface area contributed by atoms with Crippen molar-refractivity contribution in [2.75, 3.05) is 26.2 Å². The molecule has 32 heavy (non-hydrogen) atoms. The van der Waals surface area contributed by atoms with Gasteiger partial charge in [-0.15, -0.1) is 11.3 Å². The van der Waals surface area contributed by atoms with E-state index in [1.165, 1.54) is 10.9 Å². The molecule has 2 aromatic rings. The Kier molecular flexibility index (Phi) is 8.29. The van der Waals surface area contributed by atoms with Gasteiger partial charge in [0, 0.05) is 23.9 Å². The second kappa shape index (κ2) is 10.9. The molecular weight excluding hydrogens is 427 g/mol. The van der Waals surface area contributed by atoms with Crippen molar-refractivity contribution in [3.63, 3.8) is 0 Å². The van der Waals surface area contributed by atoms with Crippen LogP contribution in [0.15, 0.2) is 35.7 Å². The highest BCUT2D eigenvalue weighted by Gasteiger charge is 2.34. The Labute approximate surface area is 194 Å². The average molecular weight is 461 g/mol. The number of amides is 2. The second-order valence-corrected chi connectivity index (χ2v) is 9.78. The predicted octanol–water partition coefficient (Wildman–Crippen LogP) is 4.92. The lowest BCUT2D eigenvalue weighted by molar-refractivity contribution is -0.144. The van der Waals surface area contributed by atoms with Gasteiger partial charge in [0.1, 0.15) is 6.61 Å². The molecule has 7 heteroatoms. The minimum Gasteiger partial charge on any atom is -0.488 e. The quantitative estimate of drug-likeness (QED) is 0.534. The van der Waals surface area contributed by atoms with Gasteiger partial charge in [-0.3, -0.25) is 9.59 Å². The Hall–Kier alpha value is -2.41. The zero-order chi connectivity index (χ0) is 23.3. The van der Waals surface area contributed by atoms with Crippen LogP contribution in [0.25, 0.3) is 0 Å². The fourth-order valence-electron chi connectivity index (χ4n) is 3.96. The van der Waals surface area contributed by atoms with Crippen LogP contribution in [0, 0.1) is 17.7 Å². The highest BCUT2D eigenvalue weighted by Crippen LogP contribution is 2.34. The van der Waals surface area contributed by atoms with Gasteiger partial charge in [-0.2, -0.15) is 0 Å². The number of nitrogens with zero attached hydrogens (tertiary/aromatic N) is 2. The van der Waals surface area contributed by atoms with Gasteiger partial charge in [-0.25, -0.2) is 4.39 Å². The van der Waals surface area contributed by atoms with Crippen molar-refractivity contribution < 1.29 is 18.7 Å². The van der Waals surface area contributed by atoms with Gasteiger partial charge < -0.3 is 14.5 Å². The molecule has 1 aromatic heterocycles. The third kappa shape index (κ3) is 5.68. The Morgan fingerprint density at radius 3 is 2.69 bits per heavy atom. The van der Waals surface area contributed by atoms with Crippen LogP contribution in [0.4, 0.5) is 4.39 Å². The van der Waals surface area contributed by atoms with Gasteiger partial charge in [-0.1, -0.05) is 46.2 Å². The number of hydrogen-bond acceptors (Lipinski definition) is 4. The van der Waals surface area contributed by atoms with Crippen molar-refractivity contribution >= 4 is 23.2 Å². The van der Waals surface area contributed by atoms with E-state index in [2.05, 4.69) is 13.8 Å². The van der Waals surface area contributed by atoms with E-state index in [-0.39, 0.29) is 42.7 Å². The third-order valence-corrected chi connectivity index (χ3v) is 7.01. The third-order valence-electron chi connectivity index (χ3n) is 6.01. The molecule has 0 unspecified atom stereocenters. The lowest BCUT2D eigenvalue weighted by Gasteiger charge is -2.37. The van der Waals surface area contributed by atoms with Crippen LogP contribution in [0.3, 0.4) is 0 Å². The fraction of sp³-hybridized carbons (Fsp3) is 0.520. The highest BCUT2D eigenvalue weighted by atomic mass is 32.1. The molecule has 0 aliphatic carbocycles. The van der Waals surface area contributed by atoms with E-state index in [1.54, 1.807) is 39.3 Å². The topological polar surface area (TPSA) is 49.9 Å². The minimum absolute atomic E-state index is 0.00830. The molecular formula is C25H33FN2O3S. The zero-order valence-corrected chi connectivity index (χ0v) is 20.2. The first-order valence-corrected chi connectivity index (χ1v) is 12.2. The first kappa shape index (κ1) is 24.2. The molecule has 2 amide bonds. The molecule has 174 valence electrons. The number of rotatable bonds is 9. The summed E-state index contributed by atoms with van der Waals surface area (Å²) in [5.41, 5.74) is 1.05. The molecule has 0 saturated carbocycles. The molecule has 0 fully saturated rings. The van der Waals surface area contributed by atoms with E-state index in [0.29, 0.717) is 19.0 Å². The SMILES string of the molecule is CC[C@H](C)CN(CC(=O)N1CCc2sccc2[C@H]1COc1ccccc1F)C(=O)C(C)C. The molecule has 1 aromatic carbocycles. The molecule has 5 nitrogen and oxygen atoms in total. The average Bonchev–Trinajstić information content (AvgIpc) is 3.26. The Morgan fingerprint density at radius 2 is 2.00 bits per heavy atom. The first-order chi connectivity index (χ1) is 15.3. The van der Waals surface area contributed by atoms with E-state index in [4.69, 9.17) is 4.74 Å². The summed E-state index contributed by atoms with van der Waals surface area (Å²) in [5, 5.41) is 2.02. The van der Waals surface area contributed by atoms with Gasteiger partial charge in [0.25, 0.3) is 0 Å². The Morgan fingerprint density at radius 1 is 1.25 bits per heavy atom. The largest absolute Gasteiger partial charge is 0.488 e. The van der Waals surface area contributed by atoms with Crippen molar-refractivity contribution in [1.82, 2.24) is 9.80 Å². The van der Waals surface area contributed by atoms with Crippen LogP contribution in [-0.2, 0) is 16.0 Å². The van der Waals surface area contributed by atoms with Gasteiger partial charge in [0.15, 0.2) is 11.6 Å². The molecule has 1 aliphatic heterocycles. The van der Waals surface area contributed by atoms with E-state index in [1.807, 2.05) is 25.3 Å². The van der Waals surface area contributed by atoms with Crippen molar-refractivity contribution in [1.29, 1.82) is 0 Å². The first-order valence-electron chi connectivity index (χ1n) is 11.3. The minimum atomic E-state index is -0.422. The standard InChI is InChI=1S/C25H33FN2O3S/c1-5-18(4)14-27(25(30)17(2)3)15-24(29)28-12-10-23-19(11-13-32-23)21(28)16-31-22-9-7-6-8-20(22)26/h6-9,11,13,17-18,21H,5,10,12,14-16H2,1-4H3/t18-,21+/m0/s1. The molecule has 3 rings (SSSR count). The lowest BCUT2D eigenvalue weighted by Crippen LogP contribution is -2.49. The van der Waals surface area contributed by atoms with Crippen LogP contribution >= 0.6 is 11.3 Å². The number of halogens is 1. The Balaban J connectivity index is 1.79. The van der Waals surface area contributed by atoms with E-state index in [9.17, 15) is 14.0 Å². The summed E-state index contributed by atoms with van der Waals surface area (Å²) in [6, 6.07) is 8.01. The molecule has 0 radical (unpaired) electrons. The molecule has 1 aliphatic rings. The number of carbonyl (C=O) groups is 2. The Bertz CT molecular complexity index is 929. The maximum Gasteiger partial charge on any atom is 0.242 e. The number of thiophene rings is 1. The number of benzene rings is 1.